The number of likely N-dealkylation sites (tertiary alicyclic amines) is 1. The van der Waals surface area contributed by atoms with Crippen molar-refractivity contribution in [2.45, 2.75) is 51.0 Å². The van der Waals surface area contributed by atoms with E-state index in [1.54, 1.807) is 0 Å². The van der Waals surface area contributed by atoms with Crippen molar-refractivity contribution in [2.75, 3.05) is 6.54 Å². The number of aromatic nitrogens is 2. The predicted octanol–water partition coefficient (Wildman–Crippen LogP) is 3.64. The van der Waals surface area contributed by atoms with E-state index < -0.39 is 0 Å². The van der Waals surface area contributed by atoms with Crippen LogP contribution < -0.4 is 0 Å². The predicted molar refractivity (Wildman–Crippen MR) is 90.1 cm³/mol. The Hall–Kier alpha value is -2.10. The van der Waals surface area contributed by atoms with E-state index in [1.807, 2.05) is 18.3 Å². The molecule has 1 atom stereocenters. The summed E-state index contributed by atoms with van der Waals surface area (Å²) in [6.45, 7) is 2.93. The Morgan fingerprint density at radius 2 is 2.00 bits per heavy atom. The minimum absolute atomic E-state index is 0.209. The van der Waals surface area contributed by atoms with Crippen LogP contribution in [0.4, 0.5) is 0 Å². The number of amides is 1. The molecule has 1 aliphatic carbocycles. The highest BCUT2D eigenvalue weighted by Gasteiger charge is 2.37. The first-order chi connectivity index (χ1) is 11.2. The number of nitrogens with one attached hydrogen (secondary N) is 1. The van der Waals surface area contributed by atoms with Crippen molar-refractivity contribution in [3.8, 4) is 11.3 Å². The first kappa shape index (κ1) is 14.5. The van der Waals surface area contributed by atoms with Crippen LogP contribution >= 0.6 is 0 Å². The molecule has 2 aliphatic rings. The number of carbonyl (C=O) groups is 1. The lowest BCUT2D eigenvalue weighted by molar-refractivity contribution is -0.129. The molecule has 2 aromatic rings. The van der Waals surface area contributed by atoms with Crippen LogP contribution in [0, 0.1) is 6.92 Å². The van der Waals surface area contributed by atoms with E-state index in [1.165, 1.54) is 36.8 Å². The van der Waals surface area contributed by atoms with Gasteiger partial charge in [-0.2, -0.15) is 0 Å². The summed E-state index contributed by atoms with van der Waals surface area (Å²) in [5.41, 5.74) is 3.46. The van der Waals surface area contributed by atoms with Crippen LogP contribution in [0.2, 0.25) is 0 Å². The quantitative estimate of drug-likeness (QED) is 0.941. The molecular formula is C19H23N3O. The van der Waals surface area contributed by atoms with Gasteiger partial charge in [-0.15, -0.1) is 0 Å². The molecule has 1 saturated carbocycles. The van der Waals surface area contributed by atoms with Crippen LogP contribution in [-0.2, 0) is 4.79 Å². The van der Waals surface area contributed by atoms with Gasteiger partial charge in [-0.1, -0.05) is 37.1 Å². The third kappa shape index (κ3) is 2.67. The number of aryl methyl sites for hydroxylation is 1. The number of hydrogen-bond donors (Lipinski definition) is 1. The van der Waals surface area contributed by atoms with Crippen molar-refractivity contribution < 1.29 is 4.79 Å². The number of carbonyl (C=O) groups excluding carboxylic acids is 1. The topological polar surface area (TPSA) is 49.0 Å². The number of H-pyrrole nitrogens is 1. The number of hydrogen-bond acceptors (Lipinski definition) is 2. The molecule has 120 valence electrons. The molecule has 1 amide bonds. The lowest BCUT2D eigenvalue weighted by atomic mass is 10.1. The average Bonchev–Trinajstić information content (AvgIpc) is 3.27. The van der Waals surface area contributed by atoms with Crippen LogP contribution in [0.3, 0.4) is 0 Å². The standard InChI is InChI=1S/C19H23N3O/c1-13-6-2-5-9-16(13)17-11-20-19(21-17)14-10-18(23)22(12-14)15-7-3-4-8-15/h2,5-6,9,11,14-15H,3-4,7-8,10,12H2,1H3,(H,20,21)/t14-/m1/s1. The second-order valence-electron chi connectivity index (χ2n) is 6.88. The molecule has 4 rings (SSSR count). The number of imidazole rings is 1. The fraction of sp³-hybridized carbons (Fsp3) is 0.474. The van der Waals surface area contributed by atoms with E-state index in [0.717, 1.165) is 18.1 Å². The number of nitrogens with zero attached hydrogens (tertiary/aromatic N) is 2. The summed E-state index contributed by atoms with van der Waals surface area (Å²) in [4.78, 5) is 22.5. The van der Waals surface area contributed by atoms with E-state index in [4.69, 9.17) is 0 Å². The SMILES string of the molecule is Cc1ccccc1-c1cnc([C@@H]2CC(=O)N(C3CCCC3)C2)[nH]1. The zero-order valence-electron chi connectivity index (χ0n) is 13.6. The lowest BCUT2D eigenvalue weighted by Crippen LogP contribution is -2.34. The summed E-state index contributed by atoms with van der Waals surface area (Å²) in [7, 11) is 0. The summed E-state index contributed by atoms with van der Waals surface area (Å²) in [5, 5.41) is 0. The van der Waals surface area contributed by atoms with Crippen LogP contribution in [0.15, 0.2) is 30.5 Å². The second kappa shape index (κ2) is 5.84. The van der Waals surface area contributed by atoms with Crippen molar-refractivity contribution in [2.24, 2.45) is 0 Å². The van der Waals surface area contributed by atoms with Crippen molar-refractivity contribution in [1.82, 2.24) is 14.9 Å². The first-order valence-electron chi connectivity index (χ1n) is 8.63. The van der Waals surface area contributed by atoms with Crippen molar-refractivity contribution in [3.63, 3.8) is 0 Å². The highest BCUT2D eigenvalue weighted by atomic mass is 16.2. The fourth-order valence-corrected chi connectivity index (χ4v) is 4.04. The lowest BCUT2D eigenvalue weighted by Gasteiger charge is -2.23. The second-order valence-corrected chi connectivity index (χ2v) is 6.88. The summed E-state index contributed by atoms with van der Waals surface area (Å²) < 4.78 is 0. The number of rotatable bonds is 3. The Balaban J connectivity index is 1.53. The van der Waals surface area contributed by atoms with Gasteiger partial charge in [0.15, 0.2) is 0 Å². The summed E-state index contributed by atoms with van der Waals surface area (Å²) in [5.74, 6) is 1.47. The highest BCUT2D eigenvalue weighted by Crippen LogP contribution is 2.34. The molecule has 0 unspecified atom stereocenters. The molecule has 23 heavy (non-hydrogen) atoms. The van der Waals surface area contributed by atoms with Crippen molar-refractivity contribution >= 4 is 5.91 Å². The largest absolute Gasteiger partial charge is 0.342 e. The zero-order valence-corrected chi connectivity index (χ0v) is 13.6. The normalized spacial score (nSPS) is 22.2. The van der Waals surface area contributed by atoms with Crippen LogP contribution in [0.25, 0.3) is 11.3 Å². The van der Waals surface area contributed by atoms with E-state index in [0.29, 0.717) is 18.4 Å². The highest BCUT2D eigenvalue weighted by molar-refractivity contribution is 5.80. The maximum absolute atomic E-state index is 12.4. The van der Waals surface area contributed by atoms with E-state index >= 15 is 0 Å². The molecule has 0 radical (unpaired) electrons. The van der Waals surface area contributed by atoms with E-state index in [9.17, 15) is 4.79 Å². The third-order valence-corrected chi connectivity index (χ3v) is 5.34. The van der Waals surface area contributed by atoms with Gasteiger partial charge in [0.2, 0.25) is 5.91 Å². The monoisotopic (exact) mass is 309 g/mol. The maximum Gasteiger partial charge on any atom is 0.223 e. The smallest absolute Gasteiger partial charge is 0.223 e. The van der Waals surface area contributed by atoms with Gasteiger partial charge in [-0.25, -0.2) is 4.98 Å². The summed E-state index contributed by atoms with van der Waals surface area (Å²) in [6.07, 6.45) is 7.36. The summed E-state index contributed by atoms with van der Waals surface area (Å²) >= 11 is 0. The average molecular weight is 309 g/mol. The minimum atomic E-state index is 0.209. The molecule has 1 saturated heterocycles. The first-order valence-corrected chi connectivity index (χ1v) is 8.63. The Labute approximate surface area is 136 Å². The number of benzene rings is 1. The maximum atomic E-state index is 12.4. The fourth-order valence-electron chi connectivity index (χ4n) is 4.04. The minimum Gasteiger partial charge on any atom is -0.342 e. The van der Waals surface area contributed by atoms with Crippen LogP contribution in [-0.4, -0.2) is 33.4 Å². The molecule has 0 spiro atoms. The zero-order chi connectivity index (χ0) is 15.8. The molecule has 2 heterocycles. The number of aromatic amines is 1. The van der Waals surface area contributed by atoms with Gasteiger partial charge < -0.3 is 9.88 Å². The molecule has 4 heteroatoms. The van der Waals surface area contributed by atoms with E-state index in [-0.39, 0.29) is 5.92 Å². The Morgan fingerprint density at radius 1 is 1.22 bits per heavy atom. The molecule has 1 aliphatic heterocycles. The van der Waals surface area contributed by atoms with Gasteiger partial charge in [0.25, 0.3) is 0 Å². The molecule has 1 aromatic carbocycles. The third-order valence-electron chi connectivity index (χ3n) is 5.34. The summed E-state index contributed by atoms with van der Waals surface area (Å²) in [6, 6.07) is 8.78. The van der Waals surface area contributed by atoms with E-state index in [2.05, 4.69) is 33.9 Å². The van der Waals surface area contributed by atoms with Crippen molar-refractivity contribution in [1.29, 1.82) is 0 Å². The molecule has 4 nitrogen and oxygen atoms in total. The van der Waals surface area contributed by atoms with Gasteiger partial charge in [0.05, 0.1) is 11.9 Å². The van der Waals surface area contributed by atoms with Gasteiger partial charge >= 0.3 is 0 Å². The van der Waals surface area contributed by atoms with Crippen LogP contribution in [0.5, 0.6) is 0 Å². The van der Waals surface area contributed by atoms with Crippen LogP contribution in [0.1, 0.15) is 49.4 Å². The molecule has 1 N–H and O–H groups in total. The Kier molecular flexibility index (Phi) is 3.68. The molecule has 1 aromatic heterocycles. The molecule has 2 fully saturated rings. The van der Waals surface area contributed by atoms with Crippen molar-refractivity contribution in [3.05, 3.63) is 41.9 Å². The molecule has 0 bridgehead atoms. The van der Waals surface area contributed by atoms with Gasteiger partial charge in [-0.3, -0.25) is 4.79 Å². The molecular weight excluding hydrogens is 286 g/mol. The van der Waals surface area contributed by atoms with Gasteiger partial charge in [0, 0.05) is 30.5 Å². The Morgan fingerprint density at radius 3 is 2.78 bits per heavy atom. The Bertz CT molecular complexity index is 715. The van der Waals surface area contributed by atoms with Gasteiger partial charge in [-0.05, 0) is 25.3 Å². The van der Waals surface area contributed by atoms with Gasteiger partial charge in [0.1, 0.15) is 5.82 Å².